The Labute approximate surface area is 735 Å². The summed E-state index contributed by atoms with van der Waals surface area (Å²) in [6, 6.07) is 37.9. The van der Waals surface area contributed by atoms with Gasteiger partial charge in [0.1, 0.15) is 13.1 Å². The molecule has 0 spiro atoms. The van der Waals surface area contributed by atoms with Crippen molar-refractivity contribution in [3.8, 4) is 9.75 Å². The number of carbonyl (C=O) groups is 1. The first-order valence-electron chi connectivity index (χ1n) is 46.5. The normalized spacial score (nSPS) is 17.3. The Bertz CT molecular complexity index is 4720. The number of thiophene rings is 3. The molecule has 118 heavy (non-hydrogen) atoms. The third-order valence-electron chi connectivity index (χ3n) is 27.4. The summed E-state index contributed by atoms with van der Waals surface area (Å²) < 4.78 is 4.82. The molecule has 0 bridgehead atoms. The summed E-state index contributed by atoms with van der Waals surface area (Å²) in [5, 5.41) is 19.4. The van der Waals surface area contributed by atoms with Crippen LogP contribution in [0.25, 0.3) is 25.8 Å². The molecule has 7 aromatic rings. The fourth-order valence-electron chi connectivity index (χ4n) is 18.9. The van der Waals surface area contributed by atoms with Gasteiger partial charge < -0.3 is 10.0 Å². The van der Waals surface area contributed by atoms with E-state index in [9.17, 15) is 0 Å². The van der Waals surface area contributed by atoms with Gasteiger partial charge in [-0.2, -0.15) is 0 Å². The lowest BCUT2D eigenvalue weighted by atomic mass is 9.63. The summed E-state index contributed by atoms with van der Waals surface area (Å²) in [7, 11) is 0. The number of allylic oxidation sites excluding steroid dienone is 2. The molecule has 1 aliphatic heterocycles. The molecule has 3 aromatic heterocycles. The van der Waals surface area contributed by atoms with E-state index in [1.54, 1.807) is 22.7 Å². The Morgan fingerprint density at radius 2 is 0.712 bits per heavy atom. The van der Waals surface area contributed by atoms with Gasteiger partial charge in [0.15, 0.2) is 5.78 Å². The smallest absolute Gasteiger partial charge is 0.240 e. The number of rotatable bonds is 30. The molecule has 4 unspecified atom stereocenters. The number of nitrogens with zero attached hydrogens (tertiary/aromatic N) is 2. The van der Waals surface area contributed by atoms with Crippen LogP contribution in [0.15, 0.2) is 108 Å². The topological polar surface area (TPSA) is 46.4 Å². The van der Waals surface area contributed by atoms with Crippen molar-refractivity contribution in [1.82, 2.24) is 0 Å². The van der Waals surface area contributed by atoms with Crippen molar-refractivity contribution in [3.05, 3.63) is 206 Å². The van der Waals surface area contributed by atoms with E-state index in [4.69, 9.17) is 0 Å². The number of fused-ring (bicyclic) bond motifs is 5. The van der Waals surface area contributed by atoms with Gasteiger partial charge in [-0.05, 0) is 213 Å². The number of hydrogen-bond acceptors (Lipinski definition) is 7. The van der Waals surface area contributed by atoms with Crippen molar-refractivity contribution < 1.29 is 14.5 Å². The molecule has 0 N–H and O–H groups in total. The van der Waals surface area contributed by atoms with Gasteiger partial charge >= 0.3 is 0 Å². The van der Waals surface area contributed by atoms with E-state index in [1.165, 1.54) is 195 Å². The second kappa shape index (κ2) is 35.3. The first-order valence-corrected chi connectivity index (χ1v) is 49.8. The SMILES string of the molecule is CCCCC(CC)CN(CC(CC)CCCC)c1cc2c(s1)-c1sc(C3=C([O-])/C(=c4/cc5c(s4)=C4SC(=[N+](CC(CC)CCCC)CC(CC)CCCC)C=C4C5(c4cc(C(C)(C)C)cc(C(C)(C)C)c4)c4cc(C(C)(C)C)cc(C(C)(C)C)c4)C3=O)cc1C2(c1cc(C(C)(C)C)cc(C(C)(C)C)c1)c1cc(C(C)(C)C)cc(C(C)(C)C)c1. The minimum absolute atomic E-state index is 0.132. The molecular formula is C110H156N2O2S4. The largest absolute Gasteiger partial charge is 0.871 e. The van der Waals surface area contributed by atoms with E-state index in [-0.39, 0.29) is 54.9 Å². The number of thioether (sulfide) groups is 1. The molecule has 642 valence electrons. The van der Waals surface area contributed by atoms with Gasteiger partial charge in [0.05, 0.1) is 25.6 Å². The average molecular weight is 1670 g/mol. The molecule has 3 aliphatic carbocycles. The average Bonchev–Trinajstić information content (AvgIpc) is 1.51. The third kappa shape index (κ3) is 18.7. The number of unbranched alkanes of at least 4 members (excludes halogenated alkanes) is 4. The van der Waals surface area contributed by atoms with Crippen molar-refractivity contribution in [1.29, 1.82) is 0 Å². The van der Waals surface area contributed by atoms with Gasteiger partial charge in [-0.15, -0.1) is 34.0 Å². The summed E-state index contributed by atoms with van der Waals surface area (Å²) in [4.78, 5) is 24.1. The first-order chi connectivity index (χ1) is 55.0. The fraction of sp³-hybridized carbons (Fsp3) is 0.600. The molecule has 8 heteroatoms. The Kier molecular flexibility index (Phi) is 27.8. The highest BCUT2D eigenvalue weighted by Gasteiger charge is 2.55. The van der Waals surface area contributed by atoms with Gasteiger partial charge in [0.25, 0.3) is 0 Å². The molecule has 11 rings (SSSR count). The highest BCUT2D eigenvalue weighted by molar-refractivity contribution is 8.22. The standard InChI is InChI=1S/C110H156N2O2S4/c1-33-41-45-69(37-5)65-111(66-70(38-6)46-42-34-2)91-63-87-99(117-91)97-85(109(87,81-53-73(101(9,10)11)49-74(54-81)102(12,13)14)82-55-75(103(15,16)17)50-76(56-82)104(18,19)20)61-89(115-97)93-95(113)94(96(93)114)90-62-86-98(116-90)100-88(64-92(118-100)112(67-71(39-7)47-43-35-3)68-72(40-8)48-44-36-4)110(86,83-57-77(105(21,22)23)51-78(58-83)106(24,25)26)84-59-79(107(27,28)29)52-80(60-84)108(30,31)32/h49-64,69-72H,33-48,65-68H2,1-32H3. The summed E-state index contributed by atoms with van der Waals surface area (Å²) in [5.74, 6) is 2.01. The minimum Gasteiger partial charge on any atom is -0.871 e. The Morgan fingerprint density at radius 3 is 1.04 bits per heavy atom. The quantitative estimate of drug-likeness (QED) is 0.0421. The lowest BCUT2D eigenvalue weighted by Crippen LogP contribution is -2.34. The summed E-state index contributed by atoms with van der Waals surface area (Å²) in [5.41, 5.74) is 18.1. The van der Waals surface area contributed by atoms with Crippen LogP contribution in [0.5, 0.6) is 0 Å². The van der Waals surface area contributed by atoms with Gasteiger partial charge in [-0.3, -0.25) is 4.79 Å². The fourth-order valence-corrected chi connectivity index (χ4v) is 24.2. The highest BCUT2D eigenvalue weighted by Crippen LogP contribution is 2.65. The lowest BCUT2D eigenvalue weighted by molar-refractivity contribution is -0.539. The maximum Gasteiger partial charge on any atom is 0.240 e. The number of anilines is 1. The Hall–Kier alpha value is -5.51. The number of hydrogen-bond donors (Lipinski definition) is 0. The molecule has 0 amide bonds. The first kappa shape index (κ1) is 93.2. The van der Waals surface area contributed by atoms with Crippen LogP contribution in [-0.2, 0) is 58.9 Å². The number of benzene rings is 4. The van der Waals surface area contributed by atoms with Crippen LogP contribution < -0.4 is 19.1 Å². The highest BCUT2D eigenvalue weighted by atomic mass is 32.2. The van der Waals surface area contributed by atoms with E-state index < -0.39 is 10.8 Å². The minimum atomic E-state index is -0.830. The molecular weight excluding hydrogens is 1510 g/mol. The molecule has 4 nitrogen and oxygen atoms in total. The predicted molar refractivity (Wildman–Crippen MR) is 520 cm³/mol. The van der Waals surface area contributed by atoms with E-state index in [0.29, 0.717) is 34.8 Å². The van der Waals surface area contributed by atoms with Crippen molar-refractivity contribution >= 4 is 77.7 Å². The van der Waals surface area contributed by atoms with Crippen LogP contribution in [0.1, 0.15) is 413 Å². The van der Waals surface area contributed by atoms with E-state index in [0.717, 1.165) is 61.3 Å². The number of Topliss-reactive ketones (excluding diaryl/α,β-unsaturated/α-hetero) is 1. The van der Waals surface area contributed by atoms with Crippen LogP contribution in [0, 0.1) is 23.7 Å². The number of carbonyl (C=O) groups excluding carboxylic acids is 1. The summed E-state index contributed by atoms with van der Waals surface area (Å²) >= 11 is 7.40. The van der Waals surface area contributed by atoms with Gasteiger partial charge in [-0.1, -0.05) is 364 Å². The zero-order valence-corrected chi connectivity index (χ0v) is 83.3. The molecule has 0 fully saturated rings. The monoisotopic (exact) mass is 1670 g/mol. The lowest BCUT2D eigenvalue weighted by Gasteiger charge is -2.38. The van der Waals surface area contributed by atoms with E-state index in [1.807, 2.05) is 23.1 Å². The van der Waals surface area contributed by atoms with Crippen molar-refractivity contribution in [2.24, 2.45) is 23.7 Å². The Morgan fingerprint density at radius 1 is 0.381 bits per heavy atom. The molecule has 4 atom stereocenters. The molecule has 0 radical (unpaired) electrons. The van der Waals surface area contributed by atoms with Crippen molar-refractivity contribution in [2.45, 2.75) is 378 Å². The predicted octanol–water partition coefficient (Wildman–Crippen LogP) is 29.3. The van der Waals surface area contributed by atoms with Crippen LogP contribution >= 0.6 is 45.8 Å². The third-order valence-corrected chi connectivity index (χ3v) is 32.5. The van der Waals surface area contributed by atoms with Crippen LogP contribution in [0.2, 0.25) is 0 Å². The second-order valence-corrected chi connectivity index (χ2v) is 49.1. The molecule has 0 saturated carbocycles. The molecule has 0 saturated heterocycles. The van der Waals surface area contributed by atoms with Crippen molar-refractivity contribution in [2.75, 3.05) is 31.1 Å². The maximum atomic E-state index is 16.7. The van der Waals surface area contributed by atoms with E-state index in [2.05, 4.69) is 328 Å². The van der Waals surface area contributed by atoms with Gasteiger partial charge in [-0.25, -0.2) is 4.58 Å². The number of ketones is 1. The Balaban J connectivity index is 1.28. The maximum absolute atomic E-state index is 16.7. The molecule has 4 aliphatic rings. The van der Waals surface area contributed by atoms with E-state index >= 15 is 9.90 Å². The van der Waals surface area contributed by atoms with Gasteiger partial charge in [0.2, 0.25) is 5.04 Å². The van der Waals surface area contributed by atoms with Gasteiger partial charge in [0, 0.05) is 61.0 Å². The van der Waals surface area contributed by atoms with Crippen molar-refractivity contribution in [3.63, 3.8) is 0 Å². The summed E-state index contributed by atoms with van der Waals surface area (Å²) in [6.45, 7) is 80.3. The zero-order chi connectivity index (χ0) is 86.9. The second-order valence-electron chi connectivity index (χ2n) is 44.9. The summed E-state index contributed by atoms with van der Waals surface area (Å²) in [6.07, 6.45) is 21.9. The van der Waals surface area contributed by atoms with Crippen LogP contribution in [-0.4, -0.2) is 41.6 Å². The molecule has 4 heterocycles. The van der Waals surface area contributed by atoms with Crippen LogP contribution in [0.3, 0.4) is 0 Å². The zero-order valence-electron chi connectivity index (χ0n) is 80.0. The molecule has 4 aromatic carbocycles. The van der Waals surface area contributed by atoms with Crippen LogP contribution in [0.4, 0.5) is 5.00 Å².